The lowest BCUT2D eigenvalue weighted by Crippen LogP contribution is -2.40. The zero-order chi connectivity index (χ0) is 15.9. The molecule has 1 saturated heterocycles. The normalized spacial score (nSPS) is 25.4. The first-order valence-electron chi connectivity index (χ1n) is 9.07. The van der Waals surface area contributed by atoms with Crippen molar-refractivity contribution in [1.29, 1.82) is 0 Å². The summed E-state index contributed by atoms with van der Waals surface area (Å²) in [6, 6.07) is 4.24. The molecule has 3 rings (SSSR count). The summed E-state index contributed by atoms with van der Waals surface area (Å²) >= 11 is 0. The van der Waals surface area contributed by atoms with E-state index in [-0.39, 0.29) is 11.9 Å². The van der Waals surface area contributed by atoms with Gasteiger partial charge in [-0.1, -0.05) is 32.1 Å². The number of carbonyl (C=O) groups excluding carboxylic acids is 1. The van der Waals surface area contributed by atoms with E-state index in [2.05, 4.69) is 10.3 Å². The number of ether oxygens (including phenoxy) is 1. The van der Waals surface area contributed by atoms with E-state index in [1.54, 1.807) is 0 Å². The summed E-state index contributed by atoms with van der Waals surface area (Å²) in [6.45, 7) is 1.38. The first-order chi connectivity index (χ1) is 11.3. The molecule has 1 aromatic rings. The van der Waals surface area contributed by atoms with Crippen LogP contribution in [0.3, 0.4) is 0 Å². The zero-order valence-electron chi connectivity index (χ0n) is 13.9. The first kappa shape index (κ1) is 16.4. The molecule has 2 fully saturated rings. The fourth-order valence-corrected chi connectivity index (χ4v) is 3.87. The summed E-state index contributed by atoms with van der Waals surface area (Å²) in [4.78, 5) is 16.3. The number of hydrogen-bond acceptors (Lipinski definition) is 3. The van der Waals surface area contributed by atoms with Crippen molar-refractivity contribution in [2.75, 3.05) is 13.2 Å². The Hall–Kier alpha value is -1.42. The molecule has 1 aromatic heterocycles. The molecule has 23 heavy (non-hydrogen) atoms. The summed E-state index contributed by atoms with van der Waals surface area (Å²) in [5.74, 6) is 1.34. The monoisotopic (exact) mass is 316 g/mol. The average Bonchev–Trinajstić information content (AvgIpc) is 3.02. The second-order valence-corrected chi connectivity index (χ2v) is 7.07. The highest BCUT2D eigenvalue weighted by molar-refractivity contribution is 5.76. The largest absolute Gasteiger partial charge is 0.379 e. The summed E-state index contributed by atoms with van der Waals surface area (Å²) in [6.07, 6.45) is 13.0. The van der Waals surface area contributed by atoms with E-state index in [1.165, 1.54) is 37.7 Å². The van der Waals surface area contributed by atoms with Crippen molar-refractivity contribution >= 4 is 5.91 Å². The summed E-state index contributed by atoms with van der Waals surface area (Å²) in [7, 11) is 0. The van der Waals surface area contributed by atoms with Crippen LogP contribution >= 0.6 is 0 Å². The van der Waals surface area contributed by atoms with Crippen molar-refractivity contribution in [1.82, 2.24) is 10.3 Å². The van der Waals surface area contributed by atoms with Gasteiger partial charge in [-0.05, 0) is 36.5 Å². The lowest BCUT2D eigenvalue weighted by atomic mass is 9.86. The Morgan fingerprint density at radius 1 is 1.17 bits per heavy atom. The third-order valence-corrected chi connectivity index (χ3v) is 5.30. The van der Waals surface area contributed by atoms with Gasteiger partial charge in [0, 0.05) is 24.7 Å². The Bertz CT molecular complexity index is 485. The van der Waals surface area contributed by atoms with Crippen LogP contribution in [0, 0.1) is 11.8 Å². The van der Waals surface area contributed by atoms with Gasteiger partial charge in [0.2, 0.25) is 5.91 Å². The van der Waals surface area contributed by atoms with Gasteiger partial charge in [0.15, 0.2) is 0 Å². The molecule has 0 unspecified atom stereocenters. The minimum Gasteiger partial charge on any atom is -0.379 e. The number of nitrogens with one attached hydrogen (secondary N) is 1. The quantitative estimate of drug-likeness (QED) is 0.877. The number of carbonyl (C=O) groups is 1. The molecule has 2 atom stereocenters. The highest BCUT2D eigenvalue weighted by Crippen LogP contribution is 2.27. The Labute approximate surface area is 139 Å². The van der Waals surface area contributed by atoms with E-state index in [9.17, 15) is 4.79 Å². The molecule has 0 spiro atoms. The smallest absolute Gasteiger partial charge is 0.220 e. The Morgan fingerprint density at radius 3 is 2.74 bits per heavy atom. The van der Waals surface area contributed by atoms with E-state index in [0.29, 0.717) is 18.9 Å². The molecule has 1 saturated carbocycles. The minimum atomic E-state index is 0.155. The maximum absolute atomic E-state index is 12.3. The fraction of sp³-hybridized carbons (Fsp3) is 0.684. The second kappa shape index (κ2) is 8.44. The van der Waals surface area contributed by atoms with E-state index < -0.39 is 0 Å². The van der Waals surface area contributed by atoms with Gasteiger partial charge in [0.1, 0.15) is 0 Å². The topological polar surface area (TPSA) is 51.2 Å². The average molecular weight is 316 g/mol. The number of rotatable bonds is 6. The van der Waals surface area contributed by atoms with Crippen LogP contribution in [0.25, 0.3) is 0 Å². The van der Waals surface area contributed by atoms with Crippen LogP contribution in [0.2, 0.25) is 0 Å². The fourth-order valence-electron chi connectivity index (χ4n) is 3.87. The van der Waals surface area contributed by atoms with Crippen LogP contribution < -0.4 is 5.32 Å². The standard InChI is InChI=1S/C19H28N2O2/c22-19(7-6-15-4-2-1-3-5-15)21-18-14-23-13-17(18)12-16-8-10-20-11-9-16/h8-11,15,17-18H,1-7,12-14H2,(H,21,22)/t17-,18-/m1/s1. The van der Waals surface area contributed by atoms with E-state index >= 15 is 0 Å². The number of aromatic nitrogens is 1. The Kier molecular flexibility index (Phi) is 6.03. The molecule has 0 bridgehead atoms. The van der Waals surface area contributed by atoms with Gasteiger partial charge >= 0.3 is 0 Å². The lowest BCUT2D eigenvalue weighted by Gasteiger charge is -2.22. The molecule has 2 aliphatic rings. The Morgan fingerprint density at radius 2 is 1.96 bits per heavy atom. The molecular formula is C19H28N2O2. The first-order valence-corrected chi connectivity index (χ1v) is 9.07. The van der Waals surface area contributed by atoms with Gasteiger partial charge in [0.25, 0.3) is 0 Å². The van der Waals surface area contributed by atoms with Crippen LogP contribution in [0.5, 0.6) is 0 Å². The predicted molar refractivity (Wildman–Crippen MR) is 90.0 cm³/mol. The molecule has 0 radical (unpaired) electrons. The van der Waals surface area contributed by atoms with Gasteiger partial charge in [-0.3, -0.25) is 9.78 Å². The molecule has 0 aromatic carbocycles. The number of amides is 1. The molecule has 4 nitrogen and oxygen atoms in total. The number of nitrogens with zero attached hydrogens (tertiary/aromatic N) is 1. The molecule has 4 heteroatoms. The van der Waals surface area contributed by atoms with Crippen molar-refractivity contribution in [3.8, 4) is 0 Å². The lowest BCUT2D eigenvalue weighted by molar-refractivity contribution is -0.122. The van der Waals surface area contributed by atoms with Gasteiger partial charge in [-0.15, -0.1) is 0 Å². The highest BCUT2D eigenvalue weighted by Gasteiger charge is 2.29. The highest BCUT2D eigenvalue weighted by atomic mass is 16.5. The van der Waals surface area contributed by atoms with E-state index in [4.69, 9.17) is 4.74 Å². The van der Waals surface area contributed by atoms with Crippen LogP contribution in [0.4, 0.5) is 0 Å². The van der Waals surface area contributed by atoms with Crippen molar-refractivity contribution in [3.05, 3.63) is 30.1 Å². The van der Waals surface area contributed by atoms with Crippen molar-refractivity contribution in [3.63, 3.8) is 0 Å². The maximum atomic E-state index is 12.3. The number of pyridine rings is 1. The minimum absolute atomic E-state index is 0.155. The summed E-state index contributed by atoms with van der Waals surface area (Å²) < 4.78 is 5.61. The van der Waals surface area contributed by atoms with Gasteiger partial charge in [-0.25, -0.2) is 0 Å². The Balaban J connectivity index is 1.43. The van der Waals surface area contributed by atoms with Crippen LogP contribution in [-0.4, -0.2) is 30.1 Å². The molecule has 1 aliphatic heterocycles. The molecule has 1 aliphatic carbocycles. The summed E-state index contributed by atoms with van der Waals surface area (Å²) in [5, 5.41) is 3.21. The third kappa shape index (κ3) is 5.03. The van der Waals surface area contributed by atoms with E-state index in [0.717, 1.165) is 25.4 Å². The molecular weight excluding hydrogens is 288 g/mol. The van der Waals surface area contributed by atoms with Gasteiger partial charge in [-0.2, -0.15) is 0 Å². The van der Waals surface area contributed by atoms with Crippen LogP contribution in [0.15, 0.2) is 24.5 Å². The molecule has 1 amide bonds. The van der Waals surface area contributed by atoms with Crippen molar-refractivity contribution < 1.29 is 9.53 Å². The van der Waals surface area contributed by atoms with Crippen molar-refractivity contribution in [2.24, 2.45) is 11.8 Å². The predicted octanol–water partition coefficient (Wildman–Crippen LogP) is 3.12. The van der Waals surface area contributed by atoms with Crippen LogP contribution in [-0.2, 0) is 16.0 Å². The van der Waals surface area contributed by atoms with Gasteiger partial charge in [0.05, 0.1) is 19.3 Å². The van der Waals surface area contributed by atoms with Gasteiger partial charge < -0.3 is 10.1 Å². The third-order valence-electron chi connectivity index (χ3n) is 5.30. The molecule has 2 heterocycles. The molecule has 126 valence electrons. The molecule has 1 N–H and O–H groups in total. The van der Waals surface area contributed by atoms with E-state index in [1.807, 2.05) is 24.5 Å². The zero-order valence-corrected chi connectivity index (χ0v) is 13.9. The summed E-state index contributed by atoms with van der Waals surface area (Å²) in [5.41, 5.74) is 1.26. The number of hydrogen-bond donors (Lipinski definition) is 1. The van der Waals surface area contributed by atoms with Crippen molar-refractivity contribution in [2.45, 2.75) is 57.4 Å². The maximum Gasteiger partial charge on any atom is 0.220 e. The van der Waals surface area contributed by atoms with Crippen LogP contribution in [0.1, 0.15) is 50.5 Å². The SMILES string of the molecule is O=C(CCC1CCCCC1)N[C@@H]1COC[C@H]1Cc1ccncc1. The second-order valence-electron chi connectivity index (χ2n) is 7.07.